The molecule has 0 unspecified atom stereocenters. The van der Waals surface area contributed by atoms with Gasteiger partial charge in [0.1, 0.15) is 6.54 Å². The van der Waals surface area contributed by atoms with Crippen molar-refractivity contribution in [3.8, 4) is 0 Å². The van der Waals surface area contributed by atoms with Crippen molar-refractivity contribution in [3.63, 3.8) is 0 Å². The van der Waals surface area contributed by atoms with E-state index in [4.69, 9.17) is 0 Å². The van der Waals surface area contributed by atoms with Crippen LogP contribution in [0.25, 0.3) is 0 Å². The molecule has 0 radical (unpaired) electrons. The summed E-state index contributed by atoms with van der Waals surface area (Å²) in [7, 11) is 4.02. The molecule has 1 heterocycles. The van der Waals surface area contributed by atoms with E-state index < -0.39 is 0 Å². The minimum atomic E-state index is -0.0364. The smallest absolute Gasteiger partial charge is 0.222 e. The van der Waals surface area contributed by atoms with Crippen molar-refractivity contribution in [1.29, 1.82) is 0 Å². The van der Waals surface area contributed by atoms with Gasteiger partial charge in [0, 0.05) is 6.92 Å². The van der Waals surface area contributed by atoms with Crippen molar-refractivity contribution in [1.82, 2.24) is 5.32 Å². The molecular formula is C7H14N3O+. The Labute approximate surface area is 66.5 Å². The second-order valence-corrected chi connectivity index (χ2v) is 3.32. The molecule has 0 bridgehead atoms. The minimum absolute atomic E-state index is 0.0364. The van der Waals surface area contributed by atoms with E-state index in [0.29, 0.717) is 4.59 Å². The van der Waals surface area contributed by atoms with Crippen molar-refractivity contribution >= 4 is 11.7 Å². The lowest BCUT2D eigenvalue weighted by atomic mass is 10.4. The predicted molar refractivity (Wildman–Crippen MR) is 42.8 cm³/mol. The van der Waals surface area contributed by atoms with E-state index in [2.05, 4.69) is 10.4 Å². The summed E-state index contributed by atoms with van der Waals surface area (Å²) < 4.78 is 0.621. The summed E-state index contributed by atoms with van der Waals surface area (Å²) in [6, 6.07) is 0. The van der Waals surface area contributed by atoms with Crippen LogP contribution >= 0.6 is 0 Å². The summed E-state index contributed by atoms with van der Waals surface area (Å²) in [4.78, 5) is 10.6. The fraction of sp³-hybridized carbons (Fsp3) is 0.714. The maximum absolute atomic E-state index is 10.6. The van der Waals surface area contributed by atoms with Crippen LogP contribution in [0.15, 0.2) is 5.10 Å². The number of amides is 1. The lowest BCUT2D eigenvalue weighted by molar-refractivity contribution is -0.891. The Bertz CT molecular complexity index is 208. The molecule has 0 spiro atoms. The van der Waals surface area contributed by atoms with Crippen LogP contribution in [0.3, 0.4) is 0 Å². The molecule has 0 fully saturated rings. The first-order valence-electron chi connectivity index (χ1n) is 3.69. The molecule has 0 aromatic rings. The average molecular weight is 156 g/mol. The molecule has 0 saturated heterocycles. The molecule has 0 aliphatic carbocycles. The Hall–Kier alpha value is -0.900. The lowest BCUT2D eigenvalue weighted by Crippen LogP contribution is -2.30. The highest BCUT2D eigenvalue weighted by Gasteiger charge is 2.24. The van der Waals surface area contributed by atoms with Gasteiger partial charge in [-0.1, -0.05) is 5.10 Å². The van der Waals surface area contributed by atoms with Gasteiger partial charge in [0.2, 0.25) is 5.91 Å². The van der Waals surface area contributed by atoms with Gasteiger partial charge in [-0.2, -0.15) is 0 Å². The second-order valence-electron chi connectivity index (χ2n) is 3.32. The molecule has 4 nitrogen and oxygen atoms in total. The van der Waals surface area contributed by atoms with E-state index in [9.17, 15) is 4.79 Å². The van der Waals surface area contributed by atoms with Gasteiger partial charge >= 0.3 is 0 Å². The standard InChI is InChI=1S/C7H13N3O/c1-6(11)8-7-4-5-10(2,3)9-7/h4-5H2,1-3H3/p+1. The van der Waals surface area contributed by atoms with Crippen molar-refractivity contribution in [2.75, 3.05) is 20.6 Å². The molecule has 11 heavy (non-hydrogen) atoms. The minimum Gasteiger partial charge on any atom is -0.310 e. The Morgan fingerprint density at radius 3 is 2.64 bits per heavy atom. The molecule has 62 valence electrons. The molecule has 0 aromatic heterocycles. The quantitative estimate of drug-likeness (QED) is 0.489. The number of quaternary nitrogens is 1. The molecule has 0 atom stereocenters. The van der Waals surface area contributed by atoms with Crippen LogP contribution in [-0.2, 0) is 4.79 Å². The zero-order chi connectivity index (χ0) is 8.48. The van der Waals surface area contributed by atoms with E-state index >= 15 is 0 Å². The first-order chi connectivity index (χ1) is 4.99. The molecule has 4 heteroatoms. The number of carbonyl (C=O) groups excluding carboxylic acids is 1. The number of amidine groups is 1. The summed E-state index contributed by atoms with van der Waals surface area (Å²) in [6.07, 6.45) is 0.868. The van der Waals surface area contributed by atoms with Crippen LogP contribution in [0, 0.1) is 0 Å². The molecule has 1 aliphatic rings. The van der Waals surface area contributed by atoms with Crippen molar-refractivity contribution in [3.05, 3.63) is 0 Å². The summed E-state index contributed by atoms with van der Waals surface area (Å²) in [5.74, 6) is 0.771. The Kier molecular flexibility index (Phi) is 1.95. The zero-order valence-corrected chi connectivity index (χ0v) is 7.22. The first-order valence-corrected chi connectivity index (χ1v) is 3.69. The van der Waals surface area contributed by atoms with E-state index in [1.54, 1.807) is 0 Å². The Balaban J connectivity index is 2.56. The average Bonchev–Trinajstić information content (AvgIpc) is 2.08. The topological polar surface area (TPSA) is 41.5 Å². The predicted octanol–water partition coefficient (Wildman–Crippen LogP) is -0.0839. The zero-order valence-electron chi connectivity index (χ0n) is 7.22. The van der Waals surface area contributed by atoms with Gasteiger partial charge in [0.05, 0.1) is 20.5 Å². The molecule has 0 saturated carbocycles. The first kappa shape index (κ1) is 8.20. The van der Waals surface area contributed by atoms with Crippen LogP contribution in [-0.4, -0.2) is 37.0 Å². The van der Waals surface area contributed by atoms with E-state index in [1.807, 2.05) is 14.1 Å². The highest BCUT2D eigenvalue weighted by Crippen LogP contribution is 2.09. The number of hydrogen-bond acceptors (Lipinski definition) is 2. The SMILES string of the molecule is CC(=O)NC1=N[N+](C)(C)CC1. The summed E-state index contributed by atoms with van der Waals surface area (Å²) >= 11 is 0. The Morgan fingerprint density at radius 1 is 1.64 bits per heavy atom. The molecule has 1 amide bonds. The normalized spacial score (nSPS) is 21.2. The number of nitrogens with zero attached hydrogens (tertiary/aromatic N) is 2. The van der Waals surface area contributed by atoms with E-state index in [0.717, 1.165) is 18.8 Å². The van der Waals surface area contributed by atoms with Crippen molar-refractivity contribution < 1.29 is 9.39 Å². The van der Waals surface area contributed by atoms with Crippen molar-refractivity contribution in [2.45, 2.75) is 13.3 Å². The van der Waals surface area contributed by atoms with Gasteiger partial charge in [-0.05, 0) is 0 Å². The lowest BCUT2D eigenvalue weighted by Gasteiger charge is -2.14. The van der Waals surface area contributed by atoms with Crippen LogP contribution in [0.1, 0.15) is 13.3 Å². The molecule has 1 aliphatic heterocycles. The van der Waals surface area contributed by atoms with Gasteiger partial charge in [0.25, 0.3) is 0 Å². The molecule has 1 rings (SSSR count). The largest absolute Gasteiger partial charge is 0.310 e. The maximum Gasteiger partial charge on any atom is 0.222 e. The molecular weight excluding hydrogens is 142 g/mol. The third kappa shape index (κ3) is 2.31. The number of nitrogens with one attached hydrogen (secondary N) is 1. The summed E-state index contributed by atoms with van der Waals surface area (Å²) in [5, 5.41) is 6.98. The van der Waals surface area contributed by atoms with E-state index in [1.165, 1.54) is 6.92 Å². The van der Waals surface area contributed by atoms with Crippen LogP contribution < -0.4 is 5.32 Å². The number of hydrogen-bond donors (Lipinski definition) is 1. The molecule has 1 N–H and O–H groups in total. The van der Waals surface area contributed by atoms with Crippen LogP contribution in [0.2, 0.25) is 0 Å². The number of rotatable bonds is 0. The van der Waals surface area contributed by atoms with Crippen LogP contribution in [0.4, 0.5) is 0 Å². The van der Waals surface area contributed by atoms with Crippen molar-refractivity contribution in [2.24, 2.45) is 5.10 Å². The molecule has 0 aromatic carbocycles. The number of carbonyl (C=O) groups is 1. The summed E-state index contributed by atoms with van der Waals surface area (Å²) in [6.45, 7) is 2.47. The monoisotopic (exact) mass is 156 g/mol. The third-order valence-corrected chi connectivity index (χ3v) is 1.61. The fourth-order valence-corrected chi connectivity index (χ4v) is 1.10. The van der Waals surface area contributed by atoms with Gasteiger partial charge in [0.15, 0.2) is 5.84 Å². The van der Waals surface area contributed by atoms with Crippen LogP contribution in [0.5, 0.6) is 0 Å². The highest BCUT2D eigenvalue weighted by molar-refractivity contribution is 5.97. The second kappa shape index (κ2) is 2.62. The summed E-state index contributed by atoms with van der Waals surface area (Å²) in [5.41, 5.74) is 0. The van der Waals surface area contributed by atoms with Gasteiger partial charge in [-0.3, -0.25) is 4.79 Å². The van der Waals surface area contributed by atoms with Gasteiger partial charge < -0.3 is 5.32 Å². The van der Waals surface area contributed by atoms with Gasteiger partial charge in [-0.15, -0.1) is 0 Å². The maximum atomic E-state index is 10.6. The highest BCUT2D eigenvalue weighted by atomic mass is 16.1. The Morgan fingerprint density at radius 2 is 2.27 bits per heavy atom. The third-order valence-electron chi connectivity index (χ3n) is 1.61. The van der Waals surface area contributed by atoms with Gasteiger partial charge in [-0.25, -0.2) is 4.59 Å². The fourth-order valence-electron chi connectivity index (χ4n) is 1.10. The van der Waals surface area contributed by atoms with E-state index in [-0.39, 0.29) is 5.91 Å².